The molecule has 0 saturated heterocycles. The van der Waals surface area contributed by atoms with Crippen LogP contribution in [0.25, 0.3) is 10.9 Å². The summed E-state index contributed by atoms with van der Waals surface area (Å²) in [6.45, 7) is 5.23. The van der Waals surface area contributed by atoms with Crippen molar-refractivity contribution in [2.24, 2.45) is 0 Å². The van der Waals surface area contributed by atoms with Gasteiger partial charge < -0.3 is 10.6 Å². The third kappa shape index (κ3) is 4.42. The van der Waals surface area contributed by atoms with Crippen LogP contribution in [0.5, 0.6) is 0 Å². The second-order valence-electron chi connectivity index (χ2n) is 6.55. The number of carbonyl (C=O) groups is 1. The van der Waals surface area contributed by atoms with Gasteiger partial charge in [-0.1, -0.05) is 24.3 Å². The van der Waals surface area contributed by atoms with Gasteiger partial charge in [-0.3, -0.25) is 4.79 Å². The molecule has 0 atom stereocenters. The second-order valence-corrected chi connectivity index (χ2v) is 6.55. The number of hydrogen-bond donors (Lipinski definition) is 2. The first-order valence-electron chi connectivity index (χ1n) is 8.97. The zero-order valence-corrected chi connectivity index (χ0v) is 15.5. The van der Waals surface area contributed by atoms with Crippen molar-refractivity contribution in [3.8, 4) is 6.07 Å². The first kappa shape index (κ1) is 18.4. The van der Waals surface area contributed by atoms with E-state index in [4.69, 9.17) is 0 Å². The number of nitrogens with zero attached hydrogens (tertiary/aromatic N) is 2. The Morgan fingerprint density at radius 3 is 2.63 bits per heavy atom. The number of amides is 1. The predicted molar refractivity (Wildman–Crippen MR) is 108 cm³/mol. The van der Waals surface area contributed by atoms with Crippen molar-refractivity contribution in [3.63, 3.8) is 0 Å². The number of pyridine rings is 1. The molecule has 1 aromatic heterocycles. The van der Waals surface area contributed by atoms with E-state index in [1.807, 2.05) is 44.2 Å². The molecule has 3 rings (SSSR count). The highest BCUT2D eigenvalue weighted by Crippen LogP contribution is 2.24. The van der Waals surface area contributed by atoms with Gasteiger partial charge in [0.15, 0.2) is 0 Å². The molecule has 0 spiro atoms. The van der Waals surface area contributed by atoms with E-state index in [0.717, 1.165) is 28.5 Å². The number of nitrogens with one attached hydrogen (secondary N) is 2. The van der Waals surface area contributed by atoms with Crippen molar-refractivity contribution < 1.29 is 4.79 Å². The van der Waals surface area contributed by atoms with E-state index in [1.54, 1.807) is 12.1 Å². The van der Waals surface area contributed by atoms with Crippen LogP contribution >= 0.6 is 0 Å². The summed E-state index contributed by atoms with van der Waals surface area (Å²) in [6, 6.07) is 17.4. The molecule has 0 aliphatic heterocycles. The molecule has 5 nitrogen and oxygen atoms in total. The second kappa shape index (κ2) is 8.33. The van der Waals surface area contributed by atoms with Crippen LogP contribution in [0.4, 0.5) is 5.82 Å². The molecular weight excluding hydrogens is 336 g/mol. The van der Waals surface area contributed by atoms with Crippen molar-refractivity contribution in [1.29, 1.82) is 5.26 Å². The fraction of sp³-hybridized carbons (Fsp3) is 0.227. The monoisotopic (exact) mass is 358 g/mol. The fourth-order valence-corrected chi connectivity index (χ4v) is 3.04. The lowest BCUT2D eigenvalue weighted by Gasteiger charge is -2.11. The molecular formula is C22H22N4O. The van der Waals surface area contributed by atoms with E-state index in [0.29, 0.717) is 30.0 Å². The third-order valence-electron chi connectivity index (χ3n) is 4.37. The molecule has 1 amide bonds. The number of aryl methyl sites for hydroxylation is 2. The molecule has 0 unspecified atom stereocenters. The molecule has 1 heterocycles. The molecule has 0 bridgehead atoms. The highest BCUT2D eigenvalue weighted by Gasteiger charge is 2.09. The lowest BCUT2D eigenvalue weighted by atomic mass is 10.0. The van der Waals surface area contributed by atoms with Gasteiger partial charge in [-0.15, -0.1) is 0 Å². The third-order valence-corrected chi connectivity index (χ3v) is 4.37. The Bertz CT molecular complexity index is 1010. The molecule has 2 aromatic carbocycles. The van der Waals surface area contributed by atoms with Crippen molar-refractivity contribution in [3.05, 3.63) is 70.8 Å². The van der Waals surface area contributed by atoms with E-state index in [1.165, 1.54) is 0 Å². The van der Waals surface area contributed by atoms with Crippen LogP contribution in [-0.2, 0) is 0 Å². The van der Waals surface area contributed by atoms with Crippen LogP contribution in [-0.4, -0.2) is 24.0 Å². The van der Waals surface area contributed by atoms with Gasteiger partial charge in [-0.25, -0.2) is 4.98 Å². The standard InChI is InChI=1S/C22H22N4O/c1-15-11-16(2)19-13-18(14-23)21(26-20(19)12-15)24-9-6-10-25-22(27)17-7-4-3-5-8-17/h3-5,7-8,11-13H,6,9-10H2,1-2H3,(H,24,26)(H,25,27). The van der Waals surface area contributed by atoms with E-state index < -0.39 is 0 Å². The number of hydrogen-bond acceptors (Lipinski definition) is 4. The Morgan fingerprint density at radius 2 is 1.89 bits per heavy atom. The van der Waals surface area contributed by atoms with Gasteiger partial charge in [0.2, 0.25) is 0 Å². The van der Waals surface area contributed by atoms with Crippen molar-refractivity contribution in [2.45, 2.75) is 20.3 Å². The summed E-state index contributed by atoms with van der Waals surface area (Å²) in [4.78, 5) is 16.6. The normalized spacial score (nSPS) is 10.4. The molecule has 2 N–H and O–H groups in total. The topological polar surface area (TPSA) is 77.8 Å². The number of anilines is 1. The summed E-state index contributed by atoms with van der Waals surface area (Å²) in [7, 11) is 0. The van der Waals surface area contributed by atoms with Crippen LogP contribution in [0.3, 0.4) is 0 Å². The van der Waals surface area contributed by atoms with Crippen LogP contribution in [0.1, 0.15) is 33.5 Å². The maximum absolute atomic E-state index is 12.0. The molecule has 136 valence electrons. The number of fused-ring (bicyclic) bond motifs is 1. The van der Waals surface area contributed by atoms with Gasteiger partial charge in [0, 0.05) is 24.0 Å². The first-order valence-corrected chi connectivity index (χ1v) is 8.97. The smallest absolute Gasteiger partial charge is 0.251 e. The van der Waals surface area contributed by atoms with E-state index in [9.17, 15) is 10.1 Å². The number of rotatable bonds is 6. The average molecular weight is 358 g/mol. The Kier molecular flexibility index (Phi) is 5.68. The summed E-state index contributed by atoms with van der Waals surface area (Å²) in [5.41, 5.74) is 4.32. The number of aromatic nitrogens is 1. The SMILES string of the molecule is Cc1cc(C)c2cc(C#N)c(NCCCNC(=O)c3ccccc3)nc2c1. The maximum atomic E-state index is 12.0. The van der Waals surface area contributed by atoms with E-state index in [-0.39, 0.29) is 5.91 Å². The molecule has 5 heteroatoms. The molecule has 27 heavy (non-hydrogen) atoms. The summed E-state index contributed by atoms with van der Waals surface area (Å²) >= 11 is 0. The van der Waals surface area contributed by atoms with Crippen LogP contribution in [0, 0.1) is 25.2 Å². The van der Waals surface area contributed by atoms with Gasteiger partial charge in [0.1, 0.15) is 11.9 Å². The summed E-state index contributed by atoms with van der Waals surface area (Å²) in [5.74, 6) is 0.507. The summed E-state index contributed by atoms with van der Waals surface area (Å²) in [6.07, 6.45) is 0.732. The largest absolute Gasteiger partial charge is 0.369 e. The number of carbonyl (C=O) groups excluding carboxylic acids is 1. The fourth-order valence-electron chi connectivity index (χ4n) is 3.04. The average Bonchev–Trinajstić information content (AvgIpc) is 2.67. The zero-order chi connectivity index (χ0) is 19.2. The van der Waals surface area contributed by atoms with Gasteiger partial charge in [0.25, 0.3) is 5.91 Å². The Hall–Kier alpha value is -3.39. The molecule has 0 saturated carbocycles. The Morgan fingerprint density at radius 1 is 1.11 bits per heavy atom. The minimum absolute atomic E-state index is 0.0805. The molecule has 0 radical (unpaired) electrons. The van der Waals surface area contributed by atoms with Gasteiger partial charge in [-0.05, 0) is 55.7 Å². The van der Waals surface area contributed by atoms with Crippen LogP contribution < -0.4 is 10.6 Å². The first-order chi connectivity index (χ1) is 13.1. The highest BCUT2D eigenvalue weighted by atomic mass is 16.1. The van der Waals surface area contributed by atoms with E-state index in [2.05, 4.69) is 27.8 Å². The minimum Gasteiger partial charge on any atom is -0.369 e. The Labute approximate surface area is 159 Å². The van der Waals surface area contributed by atoms with Crippen molar-refractivity contribution in [1.82, 2.24) is 10.3 Å². The lowest BCUT2D eigenvalue weighted by molar-refractivity contribution is 0.0953. The van der Waals surface area contributed by atoms with Gasteiger partial charge in [0.05, 0.1) is 11.1 Å². The highest BCUT2D eigenvalue weighted by molar-refractivity contribution is 5.94. The molecule has 3 aromatic rings. The van der Waals surface area contributed by atoms with Gasteiger partial charge >= 0.3 is 0 Å². The van der Waals surface area contributed by atoms with Gasteiger partial charge in [-0.2, -0.15) is 5.26 Å². The minimum atomic E-state index is -0.0805. The molecule has 0 fully saturated rings. The summed E-state index contributed by atoms with van der Waals surface area (Å²) < 4.78 is 0. The van der Waals surface area contributed by atoms with Crippen LogP contribution in [0.15, 0.2) is 48.5 Å². The summed E-state index contributed by atoms with van der Waals surface area (Å²) in [5, 5.41) is 16.6. The van der Waals surface area contributed by atoms with Crippen molar-refractivity contribution >= 4 is 22.6 Å². The maximum Gasteiger partial charge on any atom is 0.251 e. The van der Waals surface area contributed by atoms with Crippen molar-refractivity contribution in [2.75, 3.05) is 18.4 Å². The molecule has 0 aliphatic carbocycles. The zero-order valence-electron chi connectivity index (χ0n) is 15.5. The number of nitriles is 1. The lowest BCUT2D eigenvalue weighted by Crippen LogP contribution is -2.25. The van der Waals surface area contributed by atoms with Crippen LogP contribution in [0.2, 0.25) is 0 Å². The number of benzene rings is 2. The predicted octanol–water partition coefficient (Wildman–Crippen LogP) is 3.96. The van der Waals surface area contributed by atoms with E-state index >= 15 is 0 Å². The molecule has 0 aliphatic rings. The Balaban J connectivity index is 1.60. The quantitative estimate of drug-likeness (QED) is 0.654.